The van der Waals surface area contributed by atoms with Crippen LogP contribution in [0.3, 0.4) is 0 Å². The Kier molecular flexibility index (Phi) is 3.57. The molecule has 18 heavy (non-hydrogen) atoms. The fourth-order valence-corrected chi connectivity index (χ4v) is 2.26. The summed E-state index contributed by atoms with van der Waals surface area (Å²) in [5.74, 6) is 0.988. The fraction of sp³-hybridized carbons (Fsp3) is 0.500. The van der Waals surface area contributed by atoms with E-state index < -0.39 is 0 Å². The van der Waals surface area contributed by atoms with E-state index in [1.54, 1.807) is 7.11 Å². The second-order valence-electron chi connectivity index (χ2n) is 5.05. The summed E-state index contributed by atoms with van der Waals surface area (Å²) in [6.07, 6.45) is 1.58. The van der Waals surface area contributed by atoms with Gasteiger partial charge in [-0.05, 0) is 49.9 Å². The molecular weight excluding hydrogens is 228 g/mol. The van der Waals surface area contributed by atoms with Gasteiger partial charge in [-0.3, -0.25) is 4.79 Å². The molecule has 4 heteroatoms. The maximum Gasteiger partial charge on any atom is 0.227 e. The number of carbonyl (C=O) groups is 1. The normalized spacial score (nSPS) is 22.2. The first-order valence-electron chi connectivity index (χ1n) is 6.23. The number of nitrogens with one attached hydrogen (secondary N) is 1. The van der Waals surface area contributed by atoms with Crippen LogP contribution in [-0.2, 0) is 4.79 Å². The second kappa shape index (κ2) is 4.98. The van der Waals surface area contributed by atoms with E-state index in [4.69, 9.17) is 10.5 Å². The van der Waals surface area contributed by atoms with Gasteiger partial charge in [0.05, 0.1) is 7.11 Å². The van der Waals surface area contributed by atoms with Gasteiger partial charge in [0.15, 0.2) is 0 Å². The van der Waals surface area contributed by atoms with Crippen molar-refractivity contribution in [3.8, 4) is 5.75 Å². The van der Waals surface area contributed by atoms with Crippen LogP contribution < -0.4 is 15.8 Å². The van der Waals surface area contributed by atoms with Gasteiger partial charge in [0.25, 0.3) is 0 Å². The molecule has 4 nitrogen and oxygen atoms in total. The number of aryl methyl sites for hydroxylation is 2. The standard InChI is InChI=1S/C14H20N2O2/c1-8-5-13(18-3)9(2)4-12(8)16-14(17)10-6-11(15)7-10/h4-5,10-11H,6-7,15H2,1-3H3,(H,16,17). The molecule has 0 aromatic heterocycles. The summed E-state index contributed by atoms with van der Waals surface area (Å²) in [7, 11) is 1.65. The highest BCUT2D eigenvalue weighted by Crippen LogP contribution is 2.29. The lowest BCUT2D eigenvalue weighted by Crippen LogP contribution is -2.42. The number of rotatable bonds is 3. The van der Waals surface area contributed by atoms with Crippen LogP contribution in [0.2, 0.25) is 0 Å². The van der Waals surface area contributed by atoms with Crippen LogP contribution in [0.4, 0.5) is 5.69 Å². The molecule has 1 amide bonds. The van der Waals surface area contributed by atoms with Crippen molar-refractivity contribution in [2.24, 2.45) is 11.7 Å². The predicted octanol–water partition coefficient (Wildman–Crippen LogP) is 1.99. The highest BCUT2D eigenvalue weighted by Gasteiger charge is 2.32. The molecule has 0 atom stereocenters. The molecule has 1 saturated carbocycles. The van der Waals surface area contributed by atoms with Crippen molar-refractivity contribution in [1.29, 1.82) is 0 Å². The fourth-order valence-electron chi connectivity index (χ4n) is 2.26. The lowest BCUT2D eigenvalue weighted by atomic mass is 9.80. The monoisotopic (exact) mass is 248 g/mol. The van der Waals surface area contributed by atoms with Crippen molar-refractivity contribution < 1.29 is 9.53 Å². The van der Waals surface area contributed by atoms with Gasteiger partial charge in [-0.25, -0.2) is 0 Å². The molecule has 1 fully saturated rings. The first-order chi connectivity index (χ1) is 8.51. The Hall–Kier alpha value is -1.55. The molecular formula is C14H20N2O2. The average Bonchev–Trinajstić information content (AvgIpc) is 2.29. The van der Waals surface area contributed by atoms with Crippen LogP contribution in [-0.4, -0.2) is 19.1 Å². The van der Waals surface area contributed by atoms with Gasteiger partial charge in [0, 0.05) is 17.6 Å². The molecule has 0 radical (unpaired) electrons. The zero-order valence-corrected chi connectivity index (χ0v) is 11.1. The highest BCUT2D eigenvalue weighted by molar-refractivity contribution is 5.94. The molecule has 0 bridgehead atoms. The Morgan fingerprint density at radius 2 is 2.00 bits per heavy atom. The third kappa shape index (κ3) is 2.48. The lowest BCUT2D eigenvalue weighted by Gasteiger charge is -2.31. The van der Waals surface area contributed by atoms with E-state index in [0.29, 0.717) is 0 Å². The van der Waals surface area contributed by atoms with Crippen molar-refractivity contribution in [2.75, 3.05) is 12.4 Å². The van der Waals surface area contributed by atoms with Crippen LogP contribution in [0.25, 0.3) is 0 Å². The SMILES string of the molecule is COc1cc(C)c(NC(=O)C2CC(N)C2)cc1C. The number of hydrogen-bond acceptors (Lipinski definition) is 3. The van der Waals surface area contributed by atoms with Crippen LogP contribution in [0, 0.1) is 19.8 Å². The summed E-state index contributed by atoms with van der Waals surface area (Å²) >= 11 is 0. The first-order valence-corrected chi connectivity index (χ1v) is 6.23. The largest absolute Gasteiger partial charge is 0.496 e. The summed E-state index contributed by atoms with van der Waals surface area (Å²) in [4.78, 5) is 12.0. The molecule has 2 rings (SSSR count). The molecule has 98 valence electrons. The van der Waals surface area contributed by atoms with Gasteiger partial charge in [-0.1, -0.05) is 0 Å². The van der Waals surface area contributed by atoms with Crippen molar-refractivity contribution in [3.63, 3.8) is 0 Å². The van der Waals surface area contributed by atoms with Crippen molar-refractivity contribution in [1.82, 2.24) is 0 Å². The Balaban J connectivity index is 2.09. The summed E-state index contributed by atoms with van der Waals surface area (Å²) in [6, 6.07) is 4.08. The van der Waals surface area contributed by atoms with Gasteiger partial charge in [-0.15, -0.1) is 0 Å². The smallest absolute Gasteiger partial charge is 0.227 e. The highest BCUT2D eigenvalue weighted by atomic mass is 16.5. The summed E-state index contributed by atoms with van der Waals surface area (Å²) in [6.45, 7) is 3.93. The van der Waals surface area contributed by atoms with Crippen LogP contribution in [0.15, 0.2) is 12.1 Å². The maximum absolute atomic E-state index is 12.0. The Morgan fingerprint density at radius 3 is 2.56 bits per heavy atom. The topological polar surface area (TPSA) is 64.3 Å². The summed E-state index contributed by atoms with van der Waals surface area (Å²) in [5, 5.41) is 2.97. The van der Waals surface area contributed by atoms with Gasteiger partial charge in [-0.2, -0.15) is 0 Å². The summed E-state index contributed by atoms with van der Waals surface area (Å²) < 4.78 is 5.25. The lowest BCUT2D eigenvalue weighted by molar-refractivity contribution is -0.122. The Labute approximate surface area is 108 Å². The van der Waals surface area contributed by atoms with Gasteiger partial charge < -0.3 is 15.8 Å². The van der Waals surface area contributed by atoms with Gasteiger partial charge >= 0.3 is 0 Å². The number of benzene rings is 1. The van der Waals surface area contributed by atoms with E-state index in [1.807, 2.05) is 26.0 Å². The molecule has 0 heterocycles. The second-order valence-corrected chi connectivity index (χ2v) is 5.05. The van der Waals surface area contributed by atoms with Crippen LogP contribution >= 0.6 is 0 Å². The molecule has 0 spiro atoms. The predicted molar refractivity (Wildman–Crippen MR) is 71.8 cm³/mol. The van der Waals surface area contributed by atoms with E-state index in [1.165, 1.54) is 0 Å². The molecule has 0 unspecified atom stereocenters. The quantitative estimate of drug-likeness (QED) is 0.859. The number of anilines is 1. The van der Waals surface area contributed by atoms with E-state index in [-0.39, 0.29) is 17.9 Å². The minimum absolute atomic E-state index is 0.0711. The zero-order valence-electron chi connectivity index (χ0n) is 11.1. The van der Waals surface area contributed by atoms with Crippen molar-refractivity contribution >= 4 is 11.6 Å². The molecule has 1 aliphatic rings. The third-order valence-electron chi connectivity index (χ3n) is 3.55. The first kappa shape index (κ1) is 12.9. The minimum atomic E-state index is 0.0711. The molecule has 0 saturated heterocycles. The van der Waals surface area contributed by atoms with E-state index >= 15 is 0 Å². The maximum atomic E-state index is 12.0. The van der Waals surface area contributed by atoms with E-state index in [2.05, 4.69) is 5.32 Å². The third-order valence-corrected chi connectivity index (χ3v) is 3.55. The Bertz CT molecular complexity index is 465. The molecule has 0 aliphatic heterocycles. The Morgan fingerprint density at radius 1 is 1.33 bits per heavy atom. The number of amides is 1. The van der Waals surface area contributed by atoms with Crippen molar-refractivity contribution in [3.05, 3.63) is 23.3 Å². The number of carbonyl (C=O) groups excluding carboxylic acids is 1. The summed E-state index contributed by atoms with van der Waals surface area (Å²) in [5.41, 5.74) is 8.58. The molecule has 3 N–H and O–H groups in total. The van der Waals surface area contributed by atoms with E-state index in [9.17, 15) is 4.79 Å². The van der Waals surface area contributed by atoms with Gasteiger partial charge in [0.1, 0.15) is 5.75 Å². The van der Waals surface area contributed by atoms with Crippen LogP contribution in [0.1, 0.15) is 24.0 Å². The number of methoxy groups -OCH3 is 1. The van der Waals surface area contributed by atoms with E-state index in [0.717, 1.165) is 35.4 Å². The number of hydrogen-bond donors (Lipinski definition) is 2. The average molecular weight is 248 g/mol. The number of ether oxygens (including phenoxy) is 1. The van der Waals surface area contributed by atoms with Gasteiger partial charge in [0.2, 0.25) is 5.91 Å². The molecule has 1 aromatic rings. The molecule has 1 aromatic carbocycles. The van der Waals surface area contributed by atoms with Crippen molar-refractivity contribution in [2.45, 2.75) is 32.7 Å². The van der Waals surface area contributed by atoms with Crippen LogP contribution in [0.5, 0.6) is 5.75 Å². The number of nitrogens with two attached hydrogens (primary N) is 1. The zero-order chi connectivity index (χ0) is 13.3. The minimum Gasteiger partial charge on any atom is -0.496 e. The molecule has 1 aliphatic carbocycles.